The van der Waals surface area contributed by atoms with Crippen LogP contribution in [-0.4, -0.2) is 22.9 Å². The summed E-state index contributed by atoms with van der Waals surface area (Å²) in [5, 5.41) is 15.0. The SMILES string of the molecule is CCCCc1ccc(NC(=O)Nc2ccc(-c3ccc(C(=O)CC(C)(C)C(=O)O)cc3)cc2C)cc1. The monoisotopic (exact) mass is 486 g/mol. The zero-order valence-corrected chi connectivity index (χ0v) is 21.4. The number of rotatable bonds is 10. The quantitative estimate of drug-likeness (QED) is 0.261. The largest absolute Gasteiger partial charge is 0.481 e. The second-order valence-corrected chi connectivity index (χ2v) is 9.78. The Morgan fingerprint density at radius 3 is 2.08 bits per heavy atom. The van der Waals surface area contributed by atoms with E-state index in [1.807, 2.05) is 61.5 Å². The molecule has 3 N–H and O–H groups in total. The molecule has 0 saturated heterocycles. The molecule has 2 amide bonds. The molecule has 3 rings (SSSR count). The summed E-state index contributed by atoms with van der Waals surface area (Å²) in [6.07, 6.45) is 3.28. The van der Waals surface area contributed by atoms with Crippen LogP contribution in [0.2, 0.25) is 0 Å². The Hall–Kier alpha value is -3.93. The van der Waals surface area contributed by atoms with Crippen LogP contribution in [0.4, 0.5) is 16.2 Å². The molecule has 3 aromatic carbocycles. The number of ketones is 1. The third kappa shape index (κ3) is 7.04. The highest BCUT2D eigenvalue weighted by Gasteiger charge is 2.30. The van der Waals surface area contributed by atoms with Crippen molar-refractivity contribution in [3.05, 3.63) is 83.4 Å². The van der Waals surface area contributed by atoms with Gasteiger partial charge in [-0.15, -0.1) is 0 Å². The number of hydrogen-bond donors (Lipinski definition) is 3. The van der Waals surface area contributed by atoms with E-state index in [9.17, 15) is 19.5 Å². The Bertz CT molecular complexity index is 1230. The number of unbranched alkanes of at least 4 members (excludes halogenated alkanes) is 1. The second kappa shape index (κ2) is 11.7. The summed E-state index contributed by atoms with van der Waals surface area (Å²) in [7, 11) is 0. The number of anilines is 2. The molecule has 0 saturated carbocycles. The molecule has 3 aromatic rings. The number of carboxylic acids is 1. The predicted molar refractivity (Wildman–Crippen MR) is 145 cm³/mol. The van der Waals surface area contributed by atoms with Crippen LogP contribution in [-0.2, 0) is 11.2 Å². The Labute approximate surface area is 212 Å². The molecule has 0 heterocycles. The molecule has 0 unspecified atom stereocenters. The molecule has 6 nitrogen and oxygen atoms in total. The van der Waals surface area contributed by atoms with Crippen LogP contribution in [0.1, 0.15) is 61.5 Å². The number of carbonyl (C=O) groups is 3. The van der Waals surface area contributed by atoms with Gasteiger partial charge in [0.25, 0.3) is 0 Å². The van der Waals surface area contributed by atoms with E-state index >= 15 is 0 Å². The zero-order chi connectivity index (χ0) is 26.3. The topological polar surface area (TPSA) is 95.5 Å². The number of amides is 2. The second-order valence-electron chi connectivity index (χ2n) is 9.78. The first-order chi connectivity index (χ1) is 17.1. The lowest BCUT2D eigenvalue weighted by Gasteiger charge is -2.17. The number of nitrogens with one attached hydrogen (secondary N) is 2. The first-order valence-electron chi connectivity index (χ1n) is 12.2. The molecule has 0 radical (unpaired) electrons. The smallest absolute Gasteiger partial charge is 0.323 e. The van der Waals surface area contributed by atoms with Gasteiger partial charge in [0.1, 0.15) is 0 Å². The fourth-order valence-corrected chi connectivity index (χ4v) is 3.83. The molecule has 0 atom stereocenters. The van der Waals surface area contributed by atoms with E-state index in [4.69, 9.17) is 0 Å². The van der Waals surface area contributed by atoms with Crippen molar-refractivity contribution in [2.75, 3.05) is 10.6 Å². The standard InChI is InChI=1S/C30H34N2O4/c1-5-6-7-21-8-15-25(16-9-21)31-29(36)32-26-17-14-24(18-20(26)2)22-10-12-23(13-11-22)27(33)19-30(3,4)28(34)35/h8-18H,5-7,19H2,1-4H3,(H,34,35)(H2,31,32,36). The van der Waals surface area contributed by atoms with Crippen molar-refractivity contribution in [2.24, 2.45) is 5.41 Å². The first-order valence-corrected chi connectivity index (χ1v) is 12.2. The van der Waals surface area contributed by atoms with Gasteiger partial charge in [-0.25, -0.2) is 4.79 Å². The lowest BCUT2D eigenvalue weighted by molar-refractivity contribution is -0.146. The van der Waals surface area contributed by atoms with Crippen molar-refractivity contribution in [1.29, 1.82) is 0 Å². The average Bonchev–Trinajstić information content (AvgIpc) is 2.84. The molecule has 0 aromatic heterocycles. The molecule has 0 aliphatic carbocycles. The fraction of sp³-hybridized carbons (Fsp3) is 0.300. The van der Waals surface area contributed by atoms with Gasteiger partial charge in [-0.1, -0.05) is 55.8 Å². The molecular weight excluding hydrogens is 452 g/mol. The van der Waals surface area contributed by atoms with Gasteiger partial charge >= 0.3 is 12.0 Å². The summed E-state index contributed by atoms with van der Waals surface area (Å²) in [5.41, 5.74) is 4.86. The van der Waals surface area contributed by atoms with E-state index in [-0.39, 0.29) is 18.2 Å². The number of hydrogen-bond acceptors (Lipinski definition) is 3. The van der Waals surface area contributed by atoms with Gasteiger partial charge in [-0.2, -0.15) is 0 Å². The third-order valence-electron chi connectivity index (χ3n) is 6.23. The van der Waals surface area contributed by atoms with Crippen LogP contribution in [0, 0.1) is 12.3 Å². The van der Waals surface area contributed by atoms with Crippen LogP contribution < -0.4 is 10.6 Å². The van der Waals surface area contributed by atoms with Gasteiger partial charge in [0.15, 0.2) is 5.78 Å². The van der Waals surface area contributed by atoms with E-state index in [1.165, 1.54) is 5.56 Å². The molecule has 188 valence electrons. The third-order valence-corrected chi connectivity index (χ3v) is 6.23. The van der Waals surface area contributed by atoms with Crippen molar-refractivity contribution in [2.45, 2.75) is 53.4 Å². The summed E-state index contributed by atoms with van der Waals surface area (Å²) in [6, 6.07) is 20.5. The summed E-state index contributed by atoms with van der Waals surface area (Å²) < 4.78 is 0. The van der Waals surface area contributed by atoms with Gasteiger partial charge in [0.05, 0.1) is 5.41 Å². The summed E-state index contributed by atoms with van der Waals surface area (Å²) in [6.45, 7) is 7.18. The van der Waals surface area contributed by atoms with Gasteiger partial charge in [0.2, 0.25) is 0 Å². The van der Waals surface area contributed by atoms with Crippen molar-refractivity contribution >= 4 is 29.2 Å². The molecule has 0 fully saturated rings. The van der Waals surface area contributed by atoms with Gasteiger partial charge in [-0.05, 0) is 80.1 Å². The minimum Gasteiger partial charge on any atom is -0.481 e. The number of urea groups is 1. The predicted octanol–water partition coefficient (Wildman–Crippen LogP) is 7.33. The highest BCUT2D eigenvalue weighted by atomic mass is 16.4. The summed E-state index contributed by atoms with van der Waals surface area (Å²) in [4.78, 5) is 36.3. The van der Waals surface area contributed by atoms with Crippen LogP contribution in [0.25, 0.3) is 11.1 Å². The minimum atomic E-state index is -1.11. The number of aryl methyl sites for hydroxylation is 2. The molecule has 6 heteroatoms. The van der Waals surface area contributed by atoms with Crippen molar-refractivity contribution in [3.8, 4) is 11.1 Å². The lowest BCUT2D eigenvalue weighted by Crippen LogP contribution is -2.26. The van der Waals surface area contributed by atoms with E-state index in [2.05, 4.69) is 17.6 Å². The number of carboxylic acid groups (broad SMARTS) is 1. The van der Waals surface area contributed by atoms with E-state index in [1.54, 1.807) is 26.0 Å². The Kier molecular flexibility index (Phi) is 8.64. The molecular formula is C30H34N2O4. The Morgan fingerprint density at radius 1 is 0.861 bits per heavy atom. The summed E-state index contributed by atoms with van der Waals surface area (Å²) >= 11 is 0. The van der Waals surface area contributed by atoms with Gasteiger partial charge in [-0.3, -0.25) is 9.59 Å². The normalized spacial score (nSPS) is 11.1. The Balaban J connectivity index is 1.62. The van der Waals surface area contributed by atoms with Crippen molar-refractivity contribution in [3.63, 3.8) is 0 Å². The Morgan fingerprint density at radius 2 is 1.50 bits per heavy atom. The number of aliphatic carboxylic acids is 1. The minimum absolute atomic E-state index is 0.0633. The molecule has 0 aliphatic heterocycles. The molecule has 0 aliphatic rings. The van der Waals surface area contributed by atoms with Crippen LogP contribution in [0.5, 0.6) is 0 Å². The average molecular weight is 487 g/mol. The van der Waals surface area contributed by atoms with E-state index in [0.717, 1.165) is 41.6 Å². The number of carbonyl (C=O) groups excluding carboxylic acids is 2. The van der Waals surface area contributed by atoms with Crippen LogP contribution >= 0.6 is 0 Å². The zero-order valence-electron chi connectivity index (χ0n) is 21.4. The van der Waals surface area contributed by atoms with E-state index in [0.29, 0.717) is 11.3 Å². The number of Topliss-reactive ketones (excluding diaryl/α,β-unsaturated/α-hetero) is 1. The first kappa shape index (κ1) is 26.7. The maximum absolute atomic E-state index is 12.5. The maximum atomic E-state index is 12.5. The lowest BCUT2D eigenvalue weighted by atomic mass is 9.85. The number of benzene rings is 3. The molecule has 0 spiro atoms. The highest BCUT2D eigenvalue weighted by Crippen LogP contribution is 2.27. The fourth-order valence-electron chi connectivity index (χ4n) is 3.83. The van der Waals surface area contributed by atoms with Crippen LogP contribution in [0.3, 0.4) is 0 Å². The highest BCUT2D eigenvalue weighted by molar-refractivity contribution is 6.01. The van der Waals surface area contributed by atoms with Crippen molar-refractivity contribution in [1.82, 2.24) is 0 Å². The van der Waals surface area contributed by atoms with Gasteiger partial charge in [0, 0.05) is 23.4 Å². The van der Waals surface area contributed by atoms with Gasteiger partial charge < -0.3 is 15.7 Å². The van der Waals surface area contributed by atoms with Crippen molar-refractivity contribution < 1.29 is 19.5 Å². The van der Waals surface area contributed by atoms with Crippen LogP contribution in [0.15, 0.2) is 66.7 Å². The maximum Gasteiger partial charge on any atom is 0.323 e. The molecule has 36 heavy (non-hydrogen) atoms. The molecule has 0 bridgehead atoms. The summed E-state index contributed by atoms with van der Waals surface area (Å²) in [5.74, 6) is -1.20. The van der Waals surface area contributed by atoms with E-state index < -0.39 is 11.4 Å².